The summed E-state index contributed by atoms with van der Waals surface area (Å²) in [7, 11) is -3.66. The van der Waals surface area contributed by atoms with Gasteiger partial charge in [0.15, 0.2) is 5.03 Å². The maximum atomic E-state index is 12.2. The number of hydrogen-bond acceptors (Lipinski definition) is 4. The molecule has 2 rings (SSSR count). The molecule has 0 fully saturated rings. The molecular weight excluding hydrogens is 290 g/mol. The molecule has 0 saturated carbocycles. The first-order chi connectivity index (χ1) is 9.87. The van der Waals surface area contributed by atoms with Gasteiger partial charge in [-0.2, -0.15) is 8.42 Å². The Morgan fingerprint density at radius 2 is 2.14 bits per heavy atom. The number of aryl methyl sites for hydroxylation is 1. The van der Waals surface area contributed by atoms with Crippen LogP contribution in [0.1, 0.15) is 19.7 Å². The van der Waals surface area contributed by atoms with Crippen LogP contribution >= 0.6 is 0 Å². The van der Waals surface area contributed by atoms with Crippen LogP contribution in [-0.4, -0.2) is 25.0 Å². The minimum Gasteiger partial charge on any atom is -0.493 e. The fourth-order valence-corrected chi connectivity index (χ4v) is 2.68. The Kier molecular flexibility index (Phi) is 4.52. The van der Waals surface area contributed by atoms with Crippen molar-refractivity contribution in [2.45, 2.75) is 25.8 Å². The molecule has 0 aliphatic rings. The fourth-order valence-electron chi connectivity index (χ4n) is 1.66. The first kappa shape index (κ1) is 15.4. The third-order valence-electron chi connectivity index (χ3n) is 2.64. The lowest BCUT2D eigenvalue weighted by Gasteiger charge is -2.11. The SMILES string of the molecule is Cc1ncc(S(=O)(=O)Nc2cccc(OCC(C)C)c2)[nH]1. The van der Waals surface area contributed by atoms with Gasteiger partial charge in [-0.15, -0.1) is 0 Å². The van der Waals surface area contributed by atoms with Gasteiger partial charge in [0.2, 0.25) is 0 Å². The Hall–Kier alpha value is -2.02. The highest BCUT2D eigenvalue weighted by Gasteiger charge is 2.16. The van der Waals surface area contributed by atoms with Crippen molar-refractivity contribution in [2.24, 2.45) is 5.92 Å². The average Bonchev–Trinajstić information content (AvgIpc) is 2.84. The number of rotatable bonds is 6. The number of benzene rings is 1. The lowest BCUT2D eigenvalue weighted by Crippen LogP contribution is -2.13. The molecule has 0 spiro atoms. The maximum absolute atomic E-state index is 12.2. The Labute approximate surface area is 124 Å². The van der Waals surface area contributed by atoms with E-state index < -0.39 is 10.0 Å². The molecule has 0 unspecified atom stereocenters. The van der Waals surface area contributed by atoms with Gasteiger partial charge in [-0.1, -0.05) is 19.9 Å². The molecule has 0 aliphatic heterocycles. The molecule has 0 saturated heterocycles. The Morgan fingerprint density at radius 3 is 2.76 bits per heavy atom. The van der Waals surface area contributed by atoms with Crippen LogP contribution in [0.5, 0.6) is 5.75 Å². The molecule has 0 radical (unpaired) electrons. The number of aromatic nitrogens is 2. The summed E-state index contributed by atoms with van der Waals surface area (Å²) in [6.07, 6.45) is 1.29. The molecule has 21 heavy (non-hydrogen) atoms. The summed E-state index contributed by atoms with van der Waals surface area (Å²) in [5, 5.41) is 0.0356. The molecule has 1 aromatic heterocycles. The monoisotopic (exact) mass is 309 g/mol. The Bertz CT molecular complexity index is 708. The highest BCUT2D eigenvalue weighted by molar-refractivity contribution is 7.92. The molecule has 6 nitrogen and oxygen atoms in total. The second-order valence-corrected chi connectivity index (χ2v) is 6.82. The normalized spacial score (nSPS) is 11.6. The second-order valence-electron chi connectivity index (χ2n) is 5.17. The lowest BCUT2D eigenvalue weighted by atomic mass is 10.2. The van der Waals surface area contributed by atoms with Crippen LogP contribution in [0, 0.1) is 12.8 Å². The molecule has 1 heterocycles. The van der Waals surface area contributed by atoms with Crippen LogP contribution in [0.25, 0.3) is 0 Å². The molecule has 0 atom stereocenters. The van der Waals surface area contributed by atoms with Gasteiger partial charge in [-0.3, -0.25) is 4.72 Å². The maximum Gasteiger partial charge on any atom is 0.278 e. The third-order valence-corrected chi connectivity index (χ3v) is 3.93. The van der Waals surface area contributed by atoms with Gasteiger partial charge < -0.3 is 9.72 Å². The molecule has 0 aliphatic carbocycles. The summed E-state index contributed by atoms with van der Waals surface area (Å²) in [5.74, 6) is 1.58. The fraction of sp³-hybridized carbons (Fsp3) is 0.357. The average molecular weight is 309 g/mol. The Morgan fingerprint density at radius 1 is 1.38 bits per heavy atom. The van der Waals surface area contributed by atoms with Crippen LogP contribution in [-0.2, 0) is 10.0 Å². The molecule has 114 valence electrons. The Balaban J connectivity index is 2.14. The summed E-state index contributed by atoms with van der Waals surface area (Å²) in [6.45, 7) is 6.37. The minimum absolute atomic E-state index is 0.0356. The first-order valence-corrected chi connectivity index (χ1v) is 8.12. The molecule has 0 bridgehead atoms. The van der Waals surface area contributed by atoms with E-state index in [2.05, 4.69) is 14.7 Å². The molecule has 0 amide bonds. The summed E-state index contributed by atoms with van der Waals surface area (Å²) < 4.78 is 32.4. The second kappa shape index (κ2) is 6.17. The smallest absolute Gasteiger partial charge is 0.278 e. The topological polar surface area (TPSA) is 84.1 Å². The van der Waals surface area contributed by atoms with Gasteiger partial charge in [-0.05, 0) is 25.0 Å². The van der Waals surface area contributed by atoms with Crippen molar-refractivity contribution in [1.82, 2.24) is 9.97 Å². The van der Waals surface area contributed by atoms with E-state index in [0.29, 0.717) is 29.8 Å². The van der Waals surface area contributed by atoms with Crippen molar-refractivity contribution >= 4 is 15.7 Å². The van der Waals surface area contributed by atoms with E-state index in [4.69, 9.17) is 4.74 Å². The summed E-state index contributed by atoms with van der Waals surface area (Å²) >= 11 is 0. The van der Waals surface area contributed by atoms with Crippen molar-refractivity contribution < 1.29 is 13.2 Å². The number of ether oxygens (including phenoxy) is 1. The van der Waals surface area contributed by atoms with Crippen molar-refractivity contribution in [3.63, 3.8) is 0 Å². The van der Waals surface area contributed by atoms with E-state index in [1.54, 1.807) is 31.2 Å². The lowest BCUT2D eigenvalue weighted by molar-refractivity contribution is 0.271. The quantitative estimate of drug-likeness (QED) is 0.859. The van der Waals surface area contributed by atoms with Crippen LogP contribution < -0.4 is 9.46 Å². The minimum atomic E-state index is -3.66. The zero-order valence-corrected chi connectivity index (χ0v) is 13.1. The van der Waals surface area contributed by atoms with Gasteiger partial charge in [0.05, 0.1) is 18.5 Å². The number of sulfonamides is 1. The number of nitrogens with one attached hydrogen (secondary N) is 2. The van der Waals surface area contributed by atoms with Gasteiger partial charge >= 0.3 is 0 Å². The van der Waals surface area contributed by atoms with Crippen LogP contribution in [0.15, 0.2) is 35.5 Å². The van der Waals surface area contributed by atoms with Crippen molar-refractivity contribution in [3.05, 3.63) is 36.3 Å². The predicted octanol–water partition coefficient (Wildman–Crippen LogP) is 2.55. The molecule has 2 aromatic rings. The van der Waals surface area contributed by atoms with E-state index in [-0.39, 0.29) is 5.03 Å². The zero-order chi connectivity index (χ0) is 15.5. The van der Waals surface area contributed by atoms with Crippen LogP contribution in [0.2, 0.25) is 0 Å². The number of hydrogen-bond donors (Lipinski definition) is 2. The number of nitrogens with zero attached hydrogens (tertiary/aromatic N) is 1. The molecular formula is C14H19N3O3S. The number of imidazole rings is 1. The molecule has 1 aromatic carbocycles. The number of H-pyrrole nitrogens is 1. The summed E-state index contributed by atoms with van der Waals surface area (Å²) in [6, 6.07) is 6.86. The highest BCUT2D eigenvalue weighted by atomic mass is 32.2. The predicted molar refractivity (Wildman–Crippen MR) is 80.9 cm³/mol. The third kappa shape index (κ3) is 4.22. The van der Waals surface area contributed by atoms with E-state index in [1.807, 2.05) is 13.8 Å². The van der Waals surface area contributed by atoms with Crippen LogP contribution in [0.4, 0.5) is 5.69 Å². The van der Waals surface area contributed by atoms with Crippen LogP contribution in [0.3, 0.4) is 0 Å². The van der Waals surface area contributed by atoms with Crippen molar-refractivity contribution in [1.29, 1.82) is 0 Å². The molecule has 7 heteroatoms. The van der Waals surface area contributed by atoms with E-state index in [9.17, 15) is 8.42 Å². The van der Waals surface area contributed by atoms with E-state index in [0.717, 1.165) is 0 Å². The highest BCUT2D eigenvalue weighted by Crippen LogP contribution is 2.20. The zero-order valence-electron chi connectivity index (χ0n) is 12.3. The number of aromatic amines is 1. The largest absolute Gasteiger partial charge is 0.493 e. The van der Waals surface area contributed by atoms with E-state index >= 15 is 0 Å². The molecule has 2 N–H and O–H groups in total. The van der Waals surface area contributed by atoms with Gasteiger partial charge in [0.25, 0.3) is 10.0 Å². The summed E-state index contributed by atoms with van der Waals surface area (Å²) in [5.41, 5.74) is 0.448. The number of anilines is 1. The van der Waals surface area contributed by atoms with Crippen molar-refractivity contribution in [3.8, 4) is 5.75 Å². The first-order valence-electron chi connectivity index (χ1n) is 6.64. The van der Waals surface area contributed by atoms with Gasteiger partial charge in [0.1, 0.15) is 11.6 Å². The van der Waals surface area contributed by atoms with Gasteiger partial charge in [-0.25, -0.2) is 4.98 Å². The van der Waals surface area contributed by atoms with Gasteiger partial charge in [0, 0.05) is 6.07 Å². The summed E-state index contributed by atoms with van der Waals surface area (Å²) in [4.78, 5) is 6.59. The van der Waals surface area contributed by atoms with E-state index in [1.165, 1.54) is 6.20 Å². The standard InChI is InChI=1S/C14H19N3O3S/c1-10(2)9-20-13-6-4-5-12(7-13)17-21(18,19)14-8-15-11(3)16-14/h4-8,10,17H,9H2,1-3H3,(H,15,16). The van der Waals surface area contributed by atoms with Crippen molar-refractivity contribution in [2.75, 3.05) is 11.3 Å².